The lowest BCUT2D eigenvalue weighted by atomic mass is 8.91. The molecule has 0 saturated carbocycles. The van der Waals surface area contributed by atoms with Gasteiger partial charge in [0.15, 0.2) is 6.29 Å². The first-order chi connectivity index (χ1) is 25.1. The van der Waals surface area contributed by atoms with Gasteiger partial charge in [-0.3, -0.25) is 19.8 Å². The minimum Gasteiger partial charge on any atom is -1.00 e. The fourth-order valence-corrected chi connectivity index (χ4v) is 6.79. The molecule has 14 heteroatoms. The zero-order valence-corrected chi connectivity index (χ0v) is 33.2. The summed E-state index contributed by atoms with van der Waals surface area (Å²) in [4.78, 5) is 35.5. The SMILES string of the molecule is C.C.C.C.C.C.C.C.Cc1cc2cc3nc(cc4[nH]c(cc5nc(cc1[nH]2)C(C)(C)C5)cc4C)C(C)(C)C3.Cc1cc[nH]c1/C=C1\N=C(C=O)CC1(C)C.[B][B]B([B])C([B])([B])[B].[H-].[H-].[H-].[H-].[H-].[H-].[H-]. The Morgan fingerprint density at radius 3 is 1.45 bits per heavy atom. The number of aromatic amines is 3. The highest BCUT2D eigenvalue weighted by atomic mass is 16.1. The van der Waals surface area contributed by atoms with E-state index in [1.807, 2.05) is 18.3 Å². The smallest absolute Gasteiger partial charge is 0.164 e. The molecule has 7 nitrogen and oxygen atoms in total. The van der Waals surface area contributed by atoms with E-state index < -0.39 is 11.5 Å². The molecule has 0 amide bonds. The van der Waals surface area contributed by atoms with Crippen LogP contribution < -0.4 is 0 Å². The zero-order chi connectivity index (χ0) is 39.8. The second kappa shape index (κ2) is 24.7. The molecule has 11 radical (unpaired) electrons. The third kappa shape index (κ3) is 15.3. The van der Waals surface area contributed by atoms with Gasteiger partial charge in [-0.25, -0.2) is 0 Å². The van der Waals surface area contributed by atoms with E-state index in [0.717, 1.165) is 88.8 Å². The highest BCUT2D eigenvalue weighted by Crippen LogP contribution is 2.38. The van der Waals surface area contributed by atoms with E-state index in [1.165, 1.54) is 16.7 Å². The van der Waals surface area contributed by atoms with Crippen LogP contribution >= 0.6 is 0 Å². The summed E-state index contributed by atoms with van der Waals surface area (Å²) < 4.78 is 0. The predicted octanol–water partition coefficient (Wildman–Crippen LogP) is 12.1. The highest BCUT2D eigenvalue weighted by Gasteiger charge is 2.32. The average Bonchev–Trinajstić information content (AvgIpc) is 3.89. The Hall–Kier alpha value is -4.07. The number of allylic oxidation sites excluding steroid dienone is 1. The summed E-state index contributed by atoms with van der Waals surface area (Å²) in [6.45, 7) is 19.0. The molecule has 3 aliphatic rings. The van der Waals surface area contributed by atoms with Crippen molar-refractivity contribution in [3.8, 4) is 0 Å². The molecule has 0 fully saturated rings. The van der Waals surface area contributed by atoms with Crippen LogP contribution in [-0.4, -0.2) is 89.5 Å². The van der Waals surface area contributed by atoms with E-state index in [0.29, 0.717) is 5.71 Å². The summed E-state index contributed by atoms with van der Waals surface area (Å²) in [5.41, 5.74) is 15.3. The number of aldehydes is 1. The number of H-pyrrole nitrogens is 3. The first-order valence-electron chi connectivity index (χ1n) is 18.3. The minimum absolute atomic E-state index is 0. The average molecular weight is 838 g/mol. The molecule has 4 aromatic rings. The van der Waals surface area contributed by atoms with Crippen LogP contribution in [0.1, 0.15) is 163 Å². The number of nitrogens with one attached hydrogen (secondary N) is 3. The van der Waals surface area contributed by atoms with Crippen LogP contribution in [0.25, 0.3) is 28.1 Å². The van der Waals surface area contributed by atoms with Crippen molar-refractivity contribution in [3.63, 3.8) is 0 Å². The molecule has 0 atom stereocenters. The Morgan fingerprint density at radius 1 is 0.694 bits per heavy atom. The quantitative estimate of drug-likeness (QED) is 0.141. The van der Waals surface area contributed by atoms with Crippen LogP contribution in [0.15, 0.2) is 59.4 Å². The molecule has 3 aliphatic heterocycles. The Morgan fingerprint density at radius 2 is 1.13 bits per heavy atom. The molecule has 3 N–H and O–H groups in total. The molecule has 341 valence electrons. The number of aryl methyl sites for hydroxylation is 3. The van der Waals surface area contributed by atoms with Crippen molar-refractivity contribution in [1.29, 1.82) is 0 Å². The van der Waals surface area contributed by atoms with Gasteiger partial charge in [0.2, 0.25) is 0 Å². The number of aliphatic imine (C=N–C) groups is 1. The van der Waals surface area contributed by atoms with Gasteiger partial charge in [0.25, 0.3) is 0 Å². The number of fused-ring (bicyclic) bond motifs is 8. The van der Waals surface area contributed by atoms with Gasteiger partial charge in [-0.1, -0.05) is 101 Å². The molecule has 0 aromatic carbocycles. The topological polar surface area (TPSA) is 103 Å². The molecular weight excluding hydrogens is 752 g/mol. The van der Waals surface area contributed by atoms with Gasteiger partial charge in [-0.2, -0.15) is 5.01 Å². The fourth-order valence-electron chi connectivity index (χ4n) is 6.79. The van der Waals surface area contributed by atoms with E-state index in [2.05, 4.69) is 119 Å². The van der Waals surface area contributed by atoms with E-state index in [4.69, 9.17) is 49.0 Å². The van der Waals surface area contributed by atoms with Crippen LogP contribution in [0.2, 0.25) is 5.01 Å². The van der Waals surface area contributed by atoms with Crippen LogP contribution in [-0.2, 0) is 28.5 Å². The maximum atomic E-state index is 10.7. The number of nitrogens with zero attached hydrogens (tertiary/aromatic N) is 3. The lowest BCUT2D eigenvalue weighted by Gasteiger charge is -2.25. The lowest BCUT2D eigenvalue weighted by molar-refractivity contribution is -0.102. The highest BCUT2D eigenvalue weighted by molar-refractivity contribution is 7.50. The zero-order valence-electron chi connectivity index (χ0n) is 40.2. The van der Waals surface area contributed by atoms with E-state index in [-0.39, 0.29) is 85.6 Å². The van der Waals surface area contributed by atoms with Gasteiger partial charge in [0.05, 0.1) is 5.71 Å². The Bertz CT molecular complexity index is 2190. The minimum atomic E-state index is -1.39. The maximum Gasteiger partial charge on any atom is 0.164 e. The summed E-state index contributed by atoms with van der Waals surface area (Å²) >= 11 is 0. The molecule has 8 bridgehead atoms. The molecule has 62 heavy (non-hydrogen) atoms. The molecular formula is C48H85B7N6O-7. The molecule has 7 heterocycles. The van der Waals surface area contributed by atoms with Crippen molar-refractivity contribution in [2.24, 2.45) is 10.4 Å². The van der Waals surface area contributed by atoms with Gasteiger partial charge < -0.3 is 24.9 Å². The van der Waals surface area contributed by atoms with E-state index in [9.17, 15) is 4.79 Å². The maximum absolute atomic E-state index is 10.7. The predicted molar refractivity (Wildman–Crippen MR) is 294 cm³/mol. The summed E-state index contributed by atoms with van der Waals surface area (Å²) in [6.07, 6.45) is 7.39. The second-order valence-corrected chi connectivity index (χ2v) is 16.9. The van der Waals surface area contributed by atoms with Crippen molar-refractivity contribution in [1.82, 2.24) is 24.9 Å². The number of rotatable bonds is 4. The van der Waals surface area contributed by atoms with Gasteiger partial charge >= 0.3 is 0 Å². The Balaban J connectivity index is -0.0000000842. The van der Waals surface area contributed by atoms with Gasteiger partial charge in [-0.15, -0.1) is 0 Å². The number of aromatic nitrogens is 5. The van der Waals surface area contributed by atoms with Crippen molar-refractivity contribution in [3.05, 3.63) is 99.5 Å². The second-order valence-electron chi connectivity index (χ2n) is 16.9. The Labute approximate surface area is 398 Å². The van der Waals surface area contributed by atoms with Crippen LogP contribution in [0.3, 0.4) is 0 Å². The monoisotopic (exact) mass is 839 g/mol. The normalized spacial score (nSPS) is 15.2. The third-order valence-corrected chi connectivity index (χ3v) is 10.3. The lowest BCUT2D eigenvalue weighted by Crippen LogP contribution is -2.40. The van der Waals surface area contributed by atoms with E-state index >= 15 is 0 Å². The van der Waals surface area contributed by atoms with Gasteiger partial charge in [0.1, 0.15) is 0 Å². The largest absolute Gasteiger partial charge is 1.00 e. The third-order valence-electron chi connectivity index (χ3n) is 10.3. The number of hydrogen-bond acceptors (Lipinski definition) is 4. The van der Waals surface area contributed by atoms with Crippen LogP contribution in [0.4, 0.5) is 0 Å². The van der Waals surface area contributed by atoms with Crippen molar-refractivity contribution >= 4 is 92.7 Å². The number of carbonyl (C=O) groups is 1. The first kappa shape index (κ1) is 64.6. The molecule has 0 saturated heterocycles. The fraction of sp³-hybridized carbons (Fsp3) is 0.500. The van der Waals surface area contributed by atoms with Gasteiger partial charge in [0, 0.05) is 151 Å². The number of hydrogen-bond donors (Lipinski definition) is 3. The molecule has 7 rings (SSSR count). The summed E-state index contributed by atoms with van der Waals surface area (Å²) in [5.74, 6) is 0. The van der Waals surface area contributed by atoms with Crippen molar-refractivity contribution in [2.75, 3.05) is 0 Å². The van der Waals surface area contributed by atoms with Crippen LogP contribution in [0.5, 0.6) is 0 Å². The molecule has 0 aliphatic carbocycles. The summed E-state index contributed by atoms with van der Waals surface area (Å²) in [6, 6.07) is 15.3. The van der Waals surface area contributed by atoms with Crippen molar-refractivity contribution < 1.29 is 14.8 Å². The van der Waals surface area contributed by atoms with Gasteiger partial charge in [-0.05, 0) is 86.0 Å². The Kier molecular flexibility index (Phi) is 25.7. The van der Waals surface area contributed by atoms with Crippen LogP contribution in [0, 0.1) is 26.2 Å². The van der Waals surface area contributed by atoms with Crippen molar-refractivity contribution in [2.45, 2.75) is 157 Å². The molecule has 0 spiro atoms. The molecule has 4 aromatic heterocycles. The summed E-state index contributed by atoms with van der Waals surface area (Å²) in [5, 5.41) is -1.39. The summed E-state index contributed by atoms with van der Waals surface area (Å²) in [7, 11) is 26.6. The first-order valence-corrected chi connectivity index (χ1v) is 18.3. The van der Waals surface area contributed by atoms with E-state index in [1.54, 1.807) is 0 Å². The molecule has 0 unspecified atom stereocenters. The standard InChI is InChI=1S/C26H30N4.C13H16N2O.CB7.8CH4.7H/c1-15-7-17-9-19-13-26(5,6)24(30-19)12-22-16(2)8-18(28-22)10-20-14-25(3,4)23(29-20)11-21(15)27-17;1-9-4-5-14-11(9)6-12-13(2,3)7-10(8-16)15-12;2-1(3,4)8(6)7-5;;;;;;;;;;;;;;;/h7-12,27-28H,13-14H2,1-6H3;4-6,8,14H,7H2,1-3H3;;8*1H4;;;;;;;/q;;;;;;;;;;;7*-1/b;12-6-;;;;;;;;;;;;;;;;. The number of carbonyl (C=O) groups excluding carboxylic acids is 1.